The lowest BCUT2D eigenvalue weighted by molar-refractivity contribution is -0.582. The Labute approximate surface area is 545 Å². The van der Waals surface area contributed by atoms with Crippen molar-refractivity contribution in [2.45, 2.75) is 101 Å². The zero-order valence-electron chi connectivity index (χ0n) is 51.2. The number of ketones is 2. The van der Waals surface area contributed by atoms with Gasteiger partial charge >= 0.3 is 68.1 Å². The number of rotatable bonds is 18. The number of anilines is 2. The number of carbonyl (C=O) groups is 6. The molecule has 2 aliphatic carbocycles. The number of benzene rings is 2. The minimum Gasteiger partial charge on any atom is -0.867 e. The second-order valence-electron chi connectivity index (χ2n) is 24.1. The zero-order valence-corrected chi connectivity index (χ0v) is 53.0. The largest absolute Gasteiger partial charge is 0.867 e. The number of hydrogen-bond donors (Lipinski definition) is 5. The number of aromatic nitrogens is 2. The Kier molecular flexibility index (Phi) is 18.3. The summed E-state index contributed by atoms with van der Waals surface area (Å²) < 4.78 is 155. The van der Waals surface area contributed by atoms with E-state index in [4.69, 9.17) is 23.0 Å². The summed E-state index contributed by atoms with van der Waals surface area (Å²) in [5.41, 5.74) is -3.66. The van der Waals surface area contributed by atoms with Crippen LogP contribution < -0.4 is 40.4 Å². The van der Waals surface area contributed by atoms with Crippen molar-refractivity contribution in [1.82, 2.24) is 4.90 Å². The van der Waals surface area contributed by atoms with Gasteiger partial charge in [-0.05, 0) is 75.9 Å². The number of amides is 3. The molecule has 5 aliphatic rings. The van der Waals surface area contributed by atoms with Crippen molar-refractivity contribution in [2.24, 2.45) is 0 Å². The summed E-state index contributed by atoms with van der Waals surface area (Å²) in [4.78, 5) is 140. The second kappa shape index (κ2) is 25.2. The van der Waals surface area contributed by atoms with E-state index in [1.54, 1.807) is 52.0 Å². The first-order valence-electron chi connectivity index (χ1n) is 29.1. The summed E-state index contributed by atoms with van der Waals surface area (Å²) in [5, 5.41) is 33.7. The predicted octanol–water partition coefficient (Wildman–Crippen LogP) is 5.76. The molecule has 2 aromatic carbocycles. The quantitative estimate of drug-likeness (QED) is 0.0224. The Hall–Kier alpha value is -9.40. The molecule has 3 amide bonds. The summed E-state index contributed by atoms with van der Waals surface area (Å²) in [7, 11) is -9.80. The van der Waals surface area contributed by atoms with Gasteiger partial charge in [0.25, 0.3) is 11.4 Å². The van der Waals surface area contributed by atoms with Crippen molar-refractivity contribution in [2.75, 3.05) is 36.1 Å². The Balaban J connectivity index is 0.000000214. The first-order valence-corrected chi connectivity index (χ1v) is 32.2. The molecule has 3 aliphatic heterocycles. The molecule has 1 saturated heterocycles. The number of carboxylic acids is 1. The van der Waals surface area contributed by atoms with Gasteiger partial charge in [0.1, 0.15) is 11.2 Å². The molecule has 0 spiro atoms. The summed E-state index contributed by atoms with van der Waals surface area (Å²) in [6.45, 7) is 6.57. The summed E-state index contributed by atoms with van der Waals surface area (Å²) in [5.74, 6) is -33.1. The van der Waals surface area contributed by atoms with Gasteiger partial charge in [-0.1, -0.05) is 12.2 Å². The maximum atomic E-state index is 13.8. The number of aliphatic carboxylic acids is 1. The average molecular weight is 1420 g/mol. The van der Waals surface area contributed by atoms with Crippen LogP contribution >= 0.6 is 15.6 Å². The van der Waals surface area contributed by atoms with Crippen molar-refractivity contribution in [3.63, 3.8) is 0 Å². The van der Waals surface area contributed by atoms with Gasteiger partial charge in [-0.2, -0.15) is 44.3 Å². The van der Waals surface area contributed by atoms with E-state index in [2.05, 4.69) is 0 Å². The number of hydrogen-bond acceptors (Lipinski definition) is 18. The van der Waals surface area contributed by atoms with Crippen LogP contribution in [0.3, 0.4) is 0 Å². The number of alkyl halides is 8. The summed E-state index contributed by atoms with van der Waals surface area (Å²) >= 11 is 0. The standard InChI is InChI=1S/C33H28F4N3O11P.C29H25F4N2O10P/c1-31(2)15-19(16-50-52(47,48)49)20-12-18-13-21(17-7-10-38(11-8-17)27-28(44)32(34,35)33(36,37)29(27)45)30(46)51-23(18)14-22(20)39(31)9-3-4-24(41)40-25(42)5-6-26(40)43;1-27(2)13-17(14-44-46(41,42)43)18-10-16-11-19(26(40)45-21(16)12-20(18)35(27)7-3-4-22(36)37)15-5-8-34(9-6-15)23-24(38)28(30,31)29(32,33)25(23)39/h7-8,10-15H,3-6,9,16H2,1-2H3,(H2-,44,45,47,48,49);5-6,8-13H,3-4,7,14H2,1-2H3,(H3-,36,37,38,39,41,42,43). The molecule has 11 rings (SSSR count). The van der Waals surface area contributed by atoms with E-state index in [1.807, 2.05) is 9.80 Å². The highest BCUT2D eigenvalue weighted by atomic mass is 31.2. The lowest BCUT2D eigenvalue weighted by atomic mass is 9.87. The molecule has 0 atom stereocenters. The number of phosphoric ester groups is 2. The molecule has 36 heteroatoms. The minimum absolute atomic E-state index is 0.0455. The number of likely N-dealkylation sites (tertiary alicyclic amines) is 1. The van der Waals surface area contributed by atoms with Crippen molar-refractivity contribution < 1.29 is 135 Å². The van der Waals surface area contributed by atoms with Gasteiger partial charge < -0.3 is 53.5 Å². The van der Waals surface area contributed by atoms with Gasteiger partial charge in [0.2, 0.25) is 17.7 Å². The Bertz CT molecular complexity index is 4770. The summed E-state index contributed by atoms with van der Waals surface area (Å²) in [6.07, 6.45) is 7.03. The molecule has 26 nitrogen and oxygen atoms in total. The van der Waals surface area contributed by atoms with E-state index < -0.39 is 133 Å². The number of allylic oxidation sites excluding steroid dienone is 4. The lowest BCUT2D eigenvalue weighted by Gasteiger charge is -2.44. The Morgan fingerprint density at radius 2 is 0.898 bits per heavy atom. The van der Waals surface area contributed by atoms with Gasteiger partial charge in [0.05, 0.1) is 35.4 Å². The molecule has 0 saturated carbocycles. The van der Waals surface area contributed by atoms with Crippen LogP contribution in [0.5, 0.6) is 0 Å². The van der Waals surface area contributed by atoms with Crippen LogP contribution in [-0.4, -0.2) is 126 Å². The number of phosphoric acid groups is 2. The number of carboxylic acid groups (broad SMARTS) is 1. The molecule has 0 bridgehead atoms. The molecule has 0 unspecified atom stereocenters. The van der Waals surface area contributed by atoms with Crippen molar-refractivity contribution in [3.05, 3.63) is 141 Å². The molecule has 7 heterocycles. The molecule has 6 aromatic rings. The van der Waals surface area contributed by atoms with Crippen molar-refractivity contribution >= 4 is 107 Å². The number of halogens is 8. The fourth-order valence-corrected chi connectivity index (χ4v) is 12.5. The van der Waals surface area contributed by atoms with E-state index in [1.165, 1.54) is 24.3 Å². The fraction of sp³-hybridized carbons (Fsp3) is 0.323. The zero-order chi connectivity index (χ0) is 72.1. The maximum Gasteiger partial charge on any atom is 0.469 e. The number of carbonyl (C=O) groups excluding carboxylic acids is 5. The highest BCUT2D eigenvalue weighted by Crippen LogP contribution is 2.50. The molecule has 518 valence electrons. The third-order valence-corrected chi connectivity index (χ3v) is 17.6. The highest BCUT2D eigenvalue weighted by molar-refractivity contribution is 7.46. The van der Waals surface area contributed by atoms with E-state index in [-0.39, 0.29) is 85.0 Å². The molecular weight excluding hydrogens is 1360 g/mol. The highest BCUT2D eigenvalue weighted by Gasteiger charge is 2.71. The second-order valence-corrected chi connectivity index (χ2v) is 26.6. The van der Waals surface area contributed by atoms with Crippen LogP contribution in [0.15, 0.2) is 128 Å². The number of nitrogens with zero attached hydrogens (tertiary/aromatic N) is 5. The minimum atomic E-state index is -5.23. The predicted molar refractivity (Wildman–Crippen MR) is 319 cm³/mol. The molecule has 98 heavy (non-hydrogen) atoms. The fourth-order valence-electron chi connectivity index (χ4n) is 11.9. The number of Topliss-reactive ketones (excluding diaryl/α,β-unsaturated/α-hetero) is 2. The van der Waals surface area contributed by atoms with Gasteiger partial charge in [0, 0.05) is 131 Å². The third kappa shape index (κ3) is 13.2. The third-order valence-electron chi connectivity index (χ3n) is 16.6. The van der Waals surface area contributed by atoms with Crippen molar-refractivity contribution in [3.8, 4) is 22.3 Å². The van der Waals surface area contributed by atoms with E-state index >= 15 is 0 Å². The lowest BCUT2D eigenvalue weighted by Crippen LogP contribution is -2.46. The van der Waals surface area contributed by atoms with Crippen LogP contribution in [0.25, 0.3) is 66.7 Å². The monoisotopic (exact) mass is 1420 g/mol. The van der Waals surface area contributed by atoms with E-state index in [0.717, 1.165) is 49.1 Å². The Morgan fingerprint density at radius 1 is 0.551 bits per heavy atom. The van der Waals surface area contributed by atoms with Crippen LogP contribution in [0, 0.1) is 0 Å². The Morgan fingerprint density at radius 3 is 1.22 bits per heavy atom. The van der Waals surface area contributed by atoms with Crippen molar-refractivity contribution in [1.29, 1.82) is 0 Å². The molecular formula is C62H53F8N5O21P2. The van der Waals surface area contributed by atoms with Gasteiger partial charge in [0.15, 0.2) is 24.8 Å². The smallest absolute Gasteiger partial charge is 0.469 e. The van der Waals surface area contributed by atoms with E-state index in [9.17, 15) is 112 Å². The number of pyridine rings is 2. The van der Waals surface area contributed by atoms with Gasteiger partial charge in [-0.3, -0.25) is 37.8 Å². The average Bonchev–Trinajstić information content (AvgIpc) is 1.76. The normalized spacial score (nSPS) is 19.0. The van der Waals surface area contributed by atoms with E-state index in [0.29, 0.717) is 58.5 Å². The maximum absolute atomic E-state index is 13.8. The van der Waals surface area contributed by atoms with Crippen LogP contribution in [0.2, 0.25) is 0 Å². The van der Waals surface area contributed by atoms with Gasteiger partial charge in [-0.25, -0.2) is 23.6 Å². The first kappa shape index (κ1) is 71.4. The summed E-state index contributed by atoms with van der Waals surface area (Å²) in [6, 6.07) is 13.4. The topological polar surface area (TPSA) is 380 Å². The van der Waals surface area contributed by atoms with Gasteiger partial charge in [-0.15, -0.1) is 0 Å². The SMILES string of the molecule is CC1(C)C=C(COP(=O)(O)O)c2cc3cc(-c4cc[n+](C5=C([O-])C(F)(F)C(F)(F)C5=O)cc4)c(=O)oc3cc2N1CCCC(=O)N1C(=O)CCC1=O.CC1(C)C=C(COP(=O)(O)O)c2cc3cc(-c4cc[n+](C5=C([O-])C(F)(F)C(F)(F)C5=O)cc4)c(=O)oc3cc2N1CCCC(=O)O. The molecule has 0 radical (unpaired) electrons. The van der Waals surface area contributed by atoms with Crippen LogP contribution in [-0.2, 0) is 46.9 Å². The molecule has 5 N–H and O–H groups in total. The van der Waals surface area contributed by atoms with Crippen LogP contribution in [0.4, 0.5) is 46.5 Å². The number of imide groups is 3. The van der Waals surface area contributed by atoms with Crippen LogP contribution in [0.1, 0.15) is 77.3 Å². The molecule has 1 fully saturated rings. The molecule has 4 aromatic heterocycles. The number of fused-ring (bicyclic) bond motifs is 4. The first-order chi connectivity index (χ1) is 45.4.